The number of hydrogen-bond acceptors (Lipinski definition) is 5. The highest BCUT2D eigenvalue weighted by atomic mass is 19.1. The summed E-state index contributed by atoms with van der Waals surface area (Å²) in [6, 6.07) is 5.32. The molecule has 2 rings (SSSR count). The van der Waals surface area contributed by atoms with Gasteiger partial charge in [-0.25, -0.2) is 4.39 Å². The third kappa shape index (κ3) is 3.91. The Kier molecular flexibility index (Phi) is 5.52. The molecule has 0 aliphatic carbocycles. The van der Waals surface area contributed by atoms with E-state index < -0.39 is 0 Å². The summed E-state index contributed by atoms with van der Waals surface area (Å²) in [4.78, 5) is 4.65. The van der Waals surface area contributed by atoms with Gasteiger partial charge in [0.15, 0.2) is 11.6 Å². The van der Waals surface area contributed by atoms with Crippen LogP contribution in [0.1, 0.15) is 18.0 Å². The molecular formula is C15H25FN4O. The summed E-state index contributed by atoms with van der Waals surface area (Å²) in [5, 5.41) is 0. The Bertz CT molecular complexity index is 471. The molecule has 1 heterocycles. The van der Waals surface area contributed by atoms with Crippen molar-refractivity contribution in [2.45, 2.75) is 18.5 Å². The highest BCUT2D eigenvalue weighted by molar-refractivity contribution is 5.31. The normalized spacial score (nSPS) is 22.2. The van der Waals surface area contributed by atoms with E-state index in [1.54, 1.807) is 6.07 Å². The number of nitrogens with zero attached hydrogens (tertiary/aromatic N) is 2. The second kappa shape index (κ2) is 7.17. The number of halogens is 1. The minimum absolute atomic E-state index is 0.0793. The van der Waals surface area contributed by atoms with Gasteiger partial charge in [-0.3, -0.25) is 11.3 Å². The van der Waals surface area contributed by atoms with Gasteiger partial charge >= 0.3 is 0 Å². The Morgan fingerprint density at radius 3 is 2.81 bits per heavy atom. The SMILES string of the molecule is COc1ccc(C(CC2CN(C)CCN2C)NN)cc1F. The van der Waals surface area contributed by atoms with Crippen molar-refractivity contribution in [3.63, 3.8) is 0 Å². The minimum atomic E-state index is -0.357. The molecule has 1 aromatic carbocycles. The van der Waals surface area contributed by atoms with Gasteiger partial charge in [-0.1, -0.05) is 6.07 Å². The van der Waals surface area contributed by atoms with E-state index in [0.29, 0.717) is 6.04 Å². The van der Waals surface area contributed by atoms with Crippen LogP contribution in [-0.4, -0.2) is 56.7 Å². The molecule has 3 N–H and O–H groups in total. The lowest BCUT2D eigenvalue weighted by Gasteiger charge is -2.39. The number of benzene rings is 1. The zero-order chi connectivity index (χ0) is 15.4. The van der Waals surface area contributed by atoms with Crippen LogP contribution in [0.2, 0.25) is 0 Å². The zero-order valence-corrected chi connectivity index (χ0v) is 13.0. The summed E-state index contributed by atoms with van der Waals surface area (Å²) in [6.07, 6.45) is 0.836. The van der Waals surface area contributed by atoms with Crippen molar-refractivity contribution < 1.29 is 9.13 Å². The van der Waals surface area contributed by atoms with Gasteiger partial charge in [-0.05, 0) is 38.2 Å². The second-order valence-corrected chi connectivity index (χ2v) is 5.75. The Morgan fingerprint density at radius 2 is 2.19 bits per heavy atom. The Hall–Kier alpha value is -1.21. The Morgan fingerprint density at radius 1 is 1.43 bits per heavy atom. The number of nitrogens with one attached hydrogen (secondary N) is 1. The van der Waals surface area contributed by atoms with E-state index in [9.17, 15) is 4.39 Å². The monoisotopic (exact) mass is 296 g/mol. The van der Waals surface area contributed by atoms with Crippen LogP contribution >= 0.6 is 0 Å². The summed E-state index contributed by atoms with van der Waals surface area (Å²) < 4.78 is 18.8. The van der Waals surface area contributed by atoms with Gasteiger partial charge in [0.05, 0.1) is 7.11 Å². The lowest BCUT2D eigenvalue weighted by Crippen LogP contribution is -2.51. The maximum Gasteiger partial charge on any atom is 0.165 e. The third-order valence-electron chi connectivity index (χ3n) is 4.27. The summed E-state index contributed by atoms with van der Waals surface area (Å²) in [7, 11) is 5.71. The van der Waals surface area contributed by atoms with Gasteiger partial charge in [0.1, 0.15) is 0 Å². The number of rotatable bonds is 5. The van der Waals surface area contributed by atoms with E-state index in [2.05, 4.69) is 29.3 Å². The molecule has 1 aliphatic rings. The van der Waals surface area contributed by atoms with Gasteiger partial charge in [0.2, 0.25) is 0 Å². The highest BCUT2D eigenvalue weighted by Crippen LogP contribution is 2.26. The van der Waals surface area contributed by atoms with Crippen molar-refractivity contribution in [2.75, 3.05) is 40.8 Å². The maximum absolute atomic E-state index is 13.9. The van der Waals surface area contributed by atoms with Crippen LogP contribution in [0, 0.1) is 5.82 Å². The largest absolute Gasteiger partial charge is 0.494 e. The fraction of sp³-hybridized carbons (Fsp3) is 0.600. The molecule has 0 aromatic heterocycles. The lowest BCUT2D eigenvalue weighted by atomic mass is 9.97. The second-order valence-electron chi connectivity index (χ2n) is 5.75. The molecule has 118 valence electrons. The molecular weight excluding hydrogens is 271 g/mol. The van der Waals surface area contributed by atoms with E-state index in [1.807, 2.05) is 6.07 Å². The van der Waals surface area contributed by atoms with Crippen molar-refractivity contribution in [3.8, 4) is 5.75 Å². The number of piperazine rings is 1. The molecule has 0 bridgehead atoms. The van der Waals surface area contributed by atoms with E-state index in [4.69, 9.17) is 10.6 Å². The van der Waals surface area contributed by atoms with Gasteiger partial charge in [0.25, 0.3) is 0 Å². The molecule has 0 saturated carbocycles. The summed E-state index contributed by atoms with van der Waals surface area (Å²) in [5.74, 6) is 5.58. The van der Waals surface area contributed by atoms with Crippen LogP contribution in [-0.2, 0) is 0 Å². The summed E-state index contributed by atoms with van der Waals surface area (Å²) in [5.41, 5.74) is 3.66. The maximum atomic E-state index is 13.9. The first kappa shape index (κ1) is 16.2. The van der Waals surface area contributed by atoms with Crippen LogP contribution in [0.15, 0.2) is 18.2 Å². The molecule has 1 aliphatic heterocycles. The molecule has 0 spiro atoms. The summed E-state index contributed by atoms with van der Waals surface area (Å²) >= 11 is 0. The van der Waals surface area contributed by atoms with Crippen LogP contribution in [0.4, 0.5) is 4.39 Å². The first-order valence-electron chi connectivity index (χ1n) is 7.23. The number of ether oxygens (including phenoxy) is 1. The van der Waals surface area contributed by atoms with Crippen molar-refractivity contribution in [2.24, 2.45) is 5.84 Å². The number of nitrogens with two attached hydrogens (primary N) is 1. The van der Waals surface area contributed by atoms with E-state index in [-0.39, 0.29) is 17.6 Å². The average Bonchev–Trinajstić information content (AvgIpc) is 2.48. The number of likely N-dealkylation sites (N-methyl/N-ethyl adjacent to an activating group) is 2. The first-order chi connectivity index (χ1) is 10.0. The first-order valence-corrected chi connectivity index (χ1v) is 7.23. The Balaban J connectivity index is 2.10. The molecule has 1 aromatic rings. The lowest BCUT2D eigenvalue weighted by molar-refractivity contribution is 0.101. The third-order valence-corrected chi connectivity index (χ3v) is 4.27. The molecule has 1 saturated heterocycles. The molecule has 0 amide bonds. The van der Waals surface area contributed by atoms with Crippen molar-refractivity contribution >= 4 is 0 Å². The number of hydrogen-bond donors (Lipinski definition) is 2. The van der Waals surface area contributed by atoms with Crippen molar-refractivity contribution in [1.29, 1.82) is 0 Å². The van der Waals surface area contributed by atoms with Gasteiger partial charge in [-0.2, -0.15) is 0 Å². The quantitative estimate of drug-likeness (QED) is 0.626. The standard InChI is InChI=1S/C15H25FN4O/c1-19-6-7-20(2)12(10-19)9-14(18-17)11-4-5-15(21-3)13(16)8-11/h4-5,8,12,14,18H,6-7,9-10,17H2,1-3H3. The number of hydrazine groups is 1. The van der Waals surface area contributed by atoms with Gasteiger partial charge < -0.3 is 14.5 Å². The van der Waals surface area contributed by atoms with Crippen molar-refractivity contribution in [1.82, 2.24) is 15.2 Å². The molecule has 1 fully saturated rings. The predicted molar refractivity (Wildman–Crippen MR) is 81.5 cm³/mol. The topological polar surface area (TPSA) is 53.8 Å². The fourth-order valence-electron chi connectivity index (χ4n) is 2.83. The van der Waals surface area contributed by atoms with Crippen LogP contribution in [0.3, 0.4) is 0 Å². The minimum Gasteiger partial charge on any atom is -0.494 e. The average molecular weight is 296 g/mol. The molecule has 21 heavy (non-hydrogen) atoms. The van der Waals surface area contributed by atoms with Crippen molar-refractivity contribution in [3.05, 3.63) is 29.6 Å². The fourth-order valence-corrected chi connectivity index (χ4v) is 2.83. The van der Waals surface area contributed by atoms with E-state index in [0.717, 1.165) is 31.6 Å². The molecule has 6 heteroatoms. The molecule has 5 nitrogen and oxygen atoms in total. The van der Waals surface area contributed by atoms with Crippen LogP contribution in [0.5, 0.6) is 5.75 Å². The van der Waals surface area contributed by atoms with Gasteiger partial charge in [-0.15, -0.1) is 0 Å². The van der Waals surface area contributed by atoms with Gasteiger partial charge in [0, 0.05) is 31.7 Å². The molecule has 2 atom stereocenters. The highest BCUT2D eigenvalue weighted by Gasteiger charge is 2.26. The smallest absolute Gasteiger partial charge is 0.165 e. The summed E-state index contributed by atoms with van der Waals surface area (Å²) in [6.45, 7) is 3.10. The van der Waals surface area contributed by atoms with E-state index >= 15 is 0 Å². The van der Waals surface area contributed by atoms with E-state index in [1.165, 1.54) is 13.2 Å². The number of methoxy groups -OCH3 is 1. The van der Waals surface area contributed by atoms with Crippen LogP contribution in [0.25, 0.3) is 0 Å². The molecule has 0 radical (unpaired) electrons. The van der Waals surface area contributed by atoms with Crippen LogP contribution < -0.4 is 16.0 Å². The Labute approximate surface area is 125 Å². The molecule has 2 unspecified atom stereocenters. The predicted octanol–water partition coefficient (Wildman–Crippen LogP) is 0.975. The zero-order valence-electron chi connectivity index (χ0n) is 13.0.